The van der Waals surface area contributed by atoms with Gasteiger partial charge in [0.1, 0.15) is 22.8 Å². The Balaban J connectivity index is 2.96. The van der Waals surface area contributed by atoms with Gasteiger partial charge in [-0.3, -0.25) is 0 Å². The molecule has 0 amide bonds. The highest BCUT2D eigenvalue weighted by molar-refractivity contribution is 6.30. The molecule has 2 atom stereocenters. The minimum absolute atomic E-state index is 0.0902. The molecule has 0 aliphatic carbocycles. The average molecular weight is 253 g/mol. The molecule has 0 bridgehead atoms. The zero-order chi connectivity index (χ0) is 12.3. The van der Waals surface area contributed by atoms with Crippen LogP contribution in [-0.2, 0) is 0 Å². The van der Waals surface area contributed by atoms with E-state index in [2.05, 4.69) is 0 Å². The number of hydrogen-bond donors (Lipinski definition) is 3. The Labute approximate surface area is 95.9 Å². The maximum absolute atomic E-state index is 13.0. The number of aliphatic hydroxyl groups excluding tert-OH is 3. The third-order valence-corrected chi connectivity index (χ3v) is 2.50. The van der Waals surface area contributed by atoms with Crippen LogP contribution in [0.25, 0.3) is 0 Å². The van der Waals surface area contributed by atoms with Gasteiger partial charge in [0.15, 0.2) is 0 Å². The molecule has 2 unspecified atom stereocenters. The van der Waals surface area contributed by atoms with Crippen LogP contribution in [0.15, 0.2) is 12.1 Å². The van der Waals surface area contributed by atoms with Crippen molar-refractivity contribution in [2.24, 2.45) is 0 Å². The van der Waals surface area contributed by atoms with E-state index >= 15 is 0 Å². The van der Waals surface area contributed by atoms with Gasteiger partial charge in [0.05, 0.1) is 6.10 Å². The van der Waals surface area contributed by atoms with E-state index < -0.39 is 28.9 Å². The lowest BCUT2D eigenvalue weighted by atomic mass is 10.0. The first-order valence-electron chi connectivity index (χ1n) is 4.58. The van der Waals surface area contributed by atoms with Crippen LogP contribution in [0.5, 0.6) is 0 Å². The van der Waals surface area contributed by atoms with E-state index in [1.165, 1.54) is 0 Å². The van der Waals surface area contributed by atoms with Crippen LogP contribution in [0.1, 0.15) is 18.1 Å². The second-order valence-corrected chi connectivity index (χ2v) is 3.70. The normalized spacial score (nSPS) is 14.9. The molecule has 0 saturated carbocycles. The van der Waals surface area contributed by atoms with E-state index in [-0.39, 0.29) is 18.6 Å². The monoisotopic (exact) mass is 252 g/mol. The van der Waals surface area contributed by atoms with Gasteiger partial charge in [0.2, 0.25) is 0 Å². The lowest BCUT2D eigenvalue weighted by Gasteiger charge is -2.17. The fourth-order valence-corrected chi connectivity index (χ4v) is 1.37. The van der Waals surface area contributed by atoms with Crippen molar-refractivity contribution in [1.29, 1.82) is 0 Å². The van der Waals surface area contributed by atoms with Gasteiger partial charge >= 0.3 is 0 Å². The average Bonchev–Trinajstić information content (AvgIpc) is 2.24. The molecule has 0 aliphatic rings. The number of aliphatic hydroxyl groups is 3. The first-order valence-corrected chi connectivity index (χ1v) is 4.96. The molecule has 6 heteroatoms. The molecule has 90 valence electrons. The van der Waals surface area contributed by atoms with Gasteiger partial charge in [-0.1, -0.05) is 11.6 Å². The fraction of sp³-hybridized carbons (Fsp3) is 0.400. The molecule has 0 saturated heterocycles. The Hall–Kier alpha value is -0.750. The first-order chi connectivity index (χ1) is 7.47. The van der Waals surface area contributed by atoms with Crippen molar-refractivity contribution in [1.82, 2.24) is 0 Å². The third kappa shape index (κ3) is 2.89. The second kappa shape index (κ2) is 5.54. The predicted molar refractivity (Wildman–Crippen MR) is 54.0 cm³/mol. The van der Waals surface area contributed by atoms with Crippen molar-refractivity contribution in [3.8, 4) is 0 Å². The first kappa shape index (κ1) is 13.3. The molecule has 0 heterocycles. The summed E-state index contributed by atoms with van der Waals surface area (Å²) in [6.07, 6.45) is -2.84. The summed E-state index contributed by atoms with van der Waals surface area (Å²) in [7, 11) is 0. The van der Waals surface area contributed by atoms with E-state index in [0.717, 1.165) is 12.1 Å². The highest BCUT2D eigenvalue weighted by atomic mass is 35.5. The number of halogens is 3. The van der Waals surface area contributed by atoms with Crippen LogP contribution < -0.4 is 0 Å². The van der Waals surface area contributed by atoms with Gasteiger partial charge < -0.3 is 15.3 Å². The molecule has 3 nitrogen and oxygen atoms in total. The minimum atomic E-state index is -1.46. The number of hydrogen-bond acceptors (Lipinski definition) is 3. The lowest BCUT2D eigenvalue weighted by molar-refractivity contribution is 0.00393. The number of benzene rings is 1. The molecule has 1 aromatic carbocycles. The van der Waals surface area contributed by atoms with Crippen molar-refractivity contribution >= 4 is 11.6 Å². The molecule has 0 spiro atoms. The summed E-state index contributed by atoms with van der Waals surface area (Å²) in [5.41, 5.74) is -0.125. The summed E-state index contributed by atoms with van der Waals surface area (Å²) in [5.74, 6) is -2.01. The van der Waals surface area contributed by atoms with Gasteiger partial charge in [0.25, 0.3) is 0 Å². The molecule has 0 aliphatic heterocycles. The van der Waals surface area contributed by atoms with E-state index in [4.69, 9.17) is 16.7 Å². The zero-order valence-corrected chi connectivity index (χ0v) is 8.96. The van der Waals surface area contributed by atoms with Crippen molar-refractivity contribution < 1.29 is 24.1 Å². The highest BCUT2D eigenvalue weighted by Crippen LogP contribution is 2.26. The third-order valence-electron chi connectivity index (χ3n) is 2.14. The van der Waals surface area contributed by atoms with Gasteiger partial charge in [-0.2, -0.15) is 0 Å². The second-order valence-electron chi connectivity index (χ2n) is 3.32. The molecule has 0 radical (unpaired) electrons. The Morgan fingerprint density at radius 3 is 2.12 bits per heavy atom. The Kier molecular flexibility index (Phi) is 4.61. The molecule has 0 aromatic heterocycles. The van der Waals surface area contributed by atoms with E-state index in [0.29, 0.717) is 0 Å². The summed E-state index contributed by atoms with van der Waals surface area (Å²) in [6.45, 7) is -0.337. The summed E-state index contributed by atoms with van der Waals surface area (Å²) in [4.78, 5) is 0. The van der Waals surface area contributed by atoms with Gasteiger partial charge in [-0.15, -0.1) is 0 Å². The molecule has 16 heavy (non-hydrogen) atoms. The van der Waals surface area contributed by atoms with E-state index in [1.54, 1.807) is 0 Å². The summed E-state index contributed by atoms with van der Waals surface area (Å²) in [5, 5.41) is 26.7. The van der Waals surface area contributed by atoms with Gasteiger partial charge in [-0.25, -0.2) is 8.78 Å². The minimum Gasteiger partial charge on any atom is -0.396 e. The van der Waals surface area contributed by atoms with Crippen LogP contribution in [0, 0.1) is 11.6 Å². The largest absolute Gasteiger partial charge is 0.396 e. The molecular formula is C10H11ClF2O3. The zero-order valence-electron chi connectivity index (χ0n) is 8.20. The van der Waals surface area contributed by atoms with Crippen molar-refractivity contribution in [3.05, 3.63) is 34.4 Å². The van der Waals surface area contributed by atoms with E-state index in [9.17, 15) is 19.0 Å². The molecule has 0 fully saturated rings. The predicted octanol–water partition coefficient (Wildman–Crippen LogP) is 1.39. The smallest absolute Gasteiger partial charge is 0.145 e. The highest BCUT2D eigenvalue weighted by Gasteiger charge is 2.20. The Bertz CT molecular complexity index is 350. The van der Waals surface area contributed by atoms with E-state index in [1.807, 2.05) is 0 Å². The van der Waals surface area contributed by atoms with Crippen molar-refractivity contribution in [2.75, 3.05) is 6.61 Å². The Morgan fingerprint density at radius 1 is 1.19 bits per heavy atom. The number of rotatable bonds is 4. The van der Waals surface area contributed by atoms with Crippen LogP contribution in [0.4, 0.5) is 8.78 Å². The van der Waals surface area contributed by atoms with Gasteiger partial charge in [0, 0.05) is 6.61 Å². The molecule has 3 N–H and O–H groups in total. The van der Waals surface area contributed by atoms with Crippen molar-refractivity contribution in [2.45, 2.75) is 18.6 Å². The molecule has 1 aromatic rings. The fourth-order valence-electron chi connectivity index (χ4n) is 1.26. The molecular weight excluding hydrogens is 242 g/mol. The Morgan fingerprint density at radius 2 is 1.69 bits per heavy atom. The maximum atomic E-state index is 13.0. The summed E-state index contributed by atoms with van der Waals surface area (Å²) >= 11 is 5.26. The SMILES string of the molecule is OCCC(O)C(O)c1cc(F)c(Cl)c(F)c1. The quantitative estimate of drug-likeness (QED) is 0.710. The van der Waals surface area contributed by atoms with Crippen LogP contribution in [0.2, 0.25) is 5.02 Å². The molecule has 1 rings (SSSR count). The van der Waals surface area contributed by atoms with Crippen LogP contribution in [0.3, 0.4) is 0 Å². The topological polar surface area (TPSA) is 60.7 Å². The van der Waals surface area contributed by atoms with Crippen LogP contribution in [-0.4, -0.2) is 28.0 Å². The van der Waals surface area contributed by atoms with Crippen LogP contribution >= 0.6 is 11.6 Å². The standard InChI is InChI=1S/C10H11ClF2O3/c11-9-6(12)3-5(4-7(9)13)10(16)8(15)1-2-14/h3-4,8,10,14-16H,1-2H2. The summed E-state index contributed by atoms with van der Waals surface area (Å²) in [6, 6.07) is 1.69. The summed E-state index contributed by atoms with van der Waals surface area (Å²) < 4.78 is 26.1. The maximum Gasteiger partial charge on any atom is 0.145 e. The lowest BCUT2D eigenvalue weighted by Crippen LogP contribution is -2.19. The van der Waals surface area contributed by atoms with Gasteiger partial charge in [-0.05, 0) is 24.1 Å². The van der Waals surface area contributed by atoms with Crippen molar-refractivity contribution in [3.63, 3.8) is 0 Å².